The Morgan fingerprint density at radius 3 is 2.60 bits per heavy atom. The van der Waals surface area contributed by atoms with E-state index in [-0.39, 0.29) is 11.9 Å². The number of pyridine rings is 2. The Morgan fingerprint density at radius 2 is 1.84 bits per heavy atom. The van der Waals surface area contributed by atoms with Crippen molar-refractivity contribution in [2.24, 2.45) is 0 Å². The smallest absolute Gasteiger partial charge is 0.257 e. The number of aromatic nitrogens is 2. The molecule has 3 rings (SSSR count). The molecule has 1 atom stereocenters. The van der Waals surface area contributed by atoms with Gasteiger partial charge in [-0.2, -0.15) is 0 Å². The second kappa shape index (κ2) is 7.57. The first-order valence-electron chi connectivity index (χ1n) is 8.11. The summed E-state index contributed by atoms with van der Waals surface area (Å²) in [6.45, 7) is 3.98. The van der Waals surface area contributed by atoms with E-state index in [9.17, 15) is 4.79 Å². The minimum absolute atomic E-state index is 0.0849. The van der Waals surface area contributed by atoms with Crippen molar-refractivity contribution >= 4 is 17.3 Å². The lowest BCUT2D eigenvalue weighted by Gasteiger charge is -2.16. The van der Waals surface area contributed by atoms with Crippen molar-refractivity contribution in [1.29, 1.82) is 0 Å². The molecule has 2 aromatic heterocycles. The highest BCUT2D eigenvalue weighted by molar-refractivity contribution is 6.04. The van der Waals surface area contributed by atoms with E-state index in [0.29, 0.717) is 5.56 Å². The molecule has 0 unspecified atom stereocenters. The molecular formula is C20H20N4O. The molecule has 5 heteroatoms. The Morgan fingerprint density at radius 1 is 1.00 bits per heavy atom. The third-order valence-corrected chi connectivity index (χ3v) is 3.83. The summed E-state index contributed by atoms with van der Waals surface area (Å²) in [4.78, 5) is 20.5. The summed E-state index contributed by atoms with van der Waals surface area (Å²) < 4.78 is 0. The van der Waals surface area contributed by atoms with Gasteiger partial charge in [-0.1, -0.05) is 12.1 Å². The van der Waals surface area contributed by atoms with Crippen LogP contribution in [0.2, 0.25) is 0 Å². The van der Waals surface area contributed by atoms with Crippen molar-refractivity contribution in [3.05, 3.63) is 83.9 Å². The van der Waals surface area contributed by atoms with Gasteiger partial charge in [0, 0.05) is 36.5 Å². The molecule has 0 saturated carbocycles. The van der Waals surface area contributed by atoms with E-state index in [1.54, 1.807) is 24.8 Å². The number of anilines is 2. The molecule has 2 N–H and O–H groups in total. The maximum absolute atomic E-state index is 12.4. The lowest BCUT2D eigenvalue weighted by molar-refractivity contribution is 0.102. The van der Waals surface area contributed by atoms with Crippen LogP contribution in [0.5, 0.6) is 0 Å². The van der Waals surface area contributed by atoms with Gasteiger partial charge in [0.25, 0.3) is 5.91 Å². The van der Waals surface area contributed by atoms with Crippen LogP contribution in [0.25, 0.3) is 0 Å². The highest BCUT2D eigenvalue weighted by atomic mass is 16.1. The third-order valence-electron chi connectivity index (χ3n) is 3.83. The zero-order chi connectivity index (χ0) is 17.6. The predicted molar refractivity (Wildman–Crippen MR) is 99.6 cm³/mol. The van der Waals surface area contributed by atoms with E-state index in [4.69, 9.17) is 0 Å². The molecule has 0 fully saturated rings. The SMILES string of the molecule is Cc1cncc(C(=O)Nc2cccc([C@H](C)Nc3cccnc3)c2)c1. The lowest BCUT2D eigenvalue weighted by Crippen LogP contribution is -2.13. The summed E-state index contributed by atoms with van der Waals surface area (Å²) in [5.74, 6) is -0.166. The molecule has 0 radical (unpaired) electrons. The molecule has 2 heterocycles. The zero-order valence-corrected chi connectivity index (χ0v) is 14.2. The second-order valence-corrected chi connectivity index (χ2v) is 5.94. The normalized spacial score (nSPS) is 11.6. The standard InChI is InChI=1S/C20H20N4O/c1-14-9-17(12-22-11-14)20(25)24-18-6-3-5-16(10-18)15(2)23-19-7-4-8-21-13-19/h3-13,15,23H,1-2H3,(H,24,25)/t15-/m0/s1. The molecule has 0 spiro atoms. The van der Waals surface area contributed by atoms with E-state index in [2.05, 4.69) is 27.5 Å². The molecule has 0 bridgehead atoms. The molecule has 25 heavy (non-hydrogen) atoms. The van der Waals surface area contributed by atoms with Crippen molar-refractivity contribution < 1.29 is 4.79 Å². The number of benzene rings is 1. The Hall–Kier alpha value is -3.21. The average Bonchev–Trinajstić information content (AvgIpc) is 2.63. The molecule has 1 aromatic carbocycles. The Kier molecular flexibility index (Phi) is 5.04. The van der Waals surface area contributed by atoms with Crippen LogP contribution in [0, 0.1) is 6.92 Å². The fraction of sp³-hybridized carbons (Fsp3) is 0.150. The van der Waals surface area contributed by atoms with E-state index >= 15 is 0 Å². The van der Waals surface area contributed by atoms with Crippen LogP contribution in [0.15, 0.2) is 67.3 Å². The van der Waals surface area contributed by atoms with Crippen LogP contribution in [0.3, 0.4) is 0 Å². The first kappa shape index (κ1) is 16.6. The maximum atomic E-state index is 12.4. The Bertz CT molecular complexity index is 864. The first-order chi connectivity index (χ1) is 12.1. The van der Waals surface area contributed by atoms with Crippen molar-refractivity contribution in [3.63, 3.8) is 0 Å². The van der Waals surface area contributed by atoms with E-state index < -0.39 is 0 Å². The molecule has 0 aliphatic carbocycles. The van der Waals surface area contributed by atoms with Crippen molar-refractivity contribution in [2.75, 3.05) is 10.6 Å². The molecule has 126 valence electrons. The van der Waals surface area contributed by atoms with Gasteiger partial charge in [0.1, 0.15) is 0 Å². The molecule has 3 aromatic rings. The predicted octanol–water partition coefficient (Wildman–Crippen LogP) is 4.21. The summed E-state index contributed by atoms with van der Waals surface area (Å²) in [6, 6.07) is 13.6. The molecule has 0 aliphatic rings. The van der Waals surface area contributed by atoms with Crippen LogP contribution >= 0.6 is 0 Å². The highest BCUT2D eigenvalue weighted by Gasteiger charge is 2.09. The fourth-order valence-electron chi connectivity index (χ4n) is 2.55. The number of hydrogen-bond donors (Lipinski definition) is 2. The lowest BCUT2D eigenvalue weighted by atomic mass is 10.1. The van der Waals surface area contributed by atoms with Crippen molar-refractivity contribution in [2.45, 2.75) is 19.9 Å². The van der Waals surface area contributed by atoms with E-state index in [1.165, 1.54) is 0 Å². The third kappa shape index (κ3) is 4.41. The summed E-state index contributed by atoms with van der Waals surface area (Å²) in [7, 11) is 0. The van der Waals surface area contributed by atoms with E-state index in [1.807, 2.05) is 49.4 Å². The van der Waals surface area contributed by atoms with Crippen molar-refractivity contribution in [1.82, 2.24) is 9.97 Å². The van der Waals surface area contributed by atoms with Gasteiger partial charge in [-0.05, 0) is 55.3 Å². The van der Waals surface area contributed by atoms with Crippen LogP contribution in [0.1, 0.15) is 34.5 Å². The number of nitrogens with one attached hydrogen (secondary N) is 2. The first-order valence-corrected chi connectivity index (χ1v) is 8.11. The van der Waals surface area contributed by atoms with Crippen LogP contribution in [0.4, 0.5) is 11.4 Å². The van der Waals surface area contributed by atoms with Gasteiger partial charge in [0.2, 0.25) is 0 Å². The number of aryl methyl sites for hydroxylation is 1. The van der Waals surface area contributed by atoms with Crippen molar-refractivity contribution in [3.8, 4) is 0 Å². The van der Waals surface area contributed by atoms with Gasteiger partial charge < -0.3 is 10.6 Å². The van der Waals surface area contributed by atoms with Crippen LogP contribution in [-0.4, -0.2) is 15.9 Å². The quantitative estimate of drug-likeness (QED) is 0.734. The summed E-state index contributed by atoms with van der Waals surface area (Å²) in [5.41, 5.74) is 4.28. The average molecular weight is 332 g/mol. The van der Waals surface area contributed by atoms with Crippen LogP contribution < -0.4 is 10.6 Å². The zero-order valence-electron chi connectivity index (χ0n) is 14.2. The van der Waals surface area contributed by atoms with Crippen LogP contribution in [-0.2, 0) is 0 Å². The van der Waals surface area contributed by atoms with Gasteiger partial charge in [-0.3, -0.25) is 14.8 Å². The largest absolute Gasteiger partial charge is 0.377 e. The topological polar surface area (TPSA) is 66.9 Å². The summed E-state index contributed by atoms with van der Waals surface area (Å²) in [5, 5.41) is 6.32. The number of carbonyl (C=O) groups excluding carboxylic acids is 1. The van der Waals surface area contributed by atoms with Gasteiger partial charge in [-0.15, -0.1) is 0 Å². The van der Waals surface area contributed by atoms with Gasteiger partial charge in [0.15, 0.2) is 0 Å². The highest BCUT2D eigenvalue weighted by Crippen LogP contribution is 2.21. The monoisotopic (exact) mass is 332 g/mol. The second-order valence-electron chi connectivity index (χ2n) is 5.94. The fourth-order valence-corrected chi connectivity index (χ4v) is 2.55. The Labute approximate surface area is 147 Å². The number of nitrogens with zero attached hydrogens (tertiary/aromatic N) is 2. The number of hydrogen-bond acceptors (Lipinski definition) is 4. The maximum Gasteiger partial charge on any atom is 0.257 e. The summed E-state index contributed by atoms with van der Waals surface area (Å²) >= 11 is 0. The van der Waals surface area contributed by atoms with Gasteiger partial charge in [-0.25, -0.2) is 0 Å². The molecular weight excluding hydrogens is 312 g/mol. The number of amides is 1. The minimum atomic E-state index is -0.166. The summed E-state index contributed by atoms with van der Waals surface area (Å²) in [6.07, 6.45) is 6.82. The number of rotatable bonds is 5. The molecule has 0 saturated heterocycles. The number of carbonyl (C=O) groups is 1. The Balaban J connectivity index is 1.72. The minimum Gasteiger partial charge on any atom is -0.377 e. The van der Waals surface area contributed by atoms with Gasteiger partial charge >= 0.3 is 0 Å². The van der Waals surface area contributed by atoms with E-state index in [0.717, 1.165) is 22.5 Å². The molecule has 1 amide bonds. The van der Waals surface area contributed by atoms with Gasteiger partial charge in [0.05, 0.1) is 11.3 Å². The molecule has 5 nitrogen and oxygen atoms in total. The molecule has 0 aliphatic heterocycles.